The van der Waals surface area contributed by atoms with Gasteiger partial charge < -0.3 is 4.74 Å². The number of rotatable bonds is 5. The molecule has 0 saturated heterocycles. The lowest BCUT2D eigenvalue weighted by Crippen LogP contribution is -1.93. The first kappa shape index (κ1) is 11.9. The number of hydrogen-bond donors (Lipinski definition) is 0. The van der Waals surface area contributed by atoms with Gasteiger partial charge in [-0.25, -0.2) is 0 Å². The van der Waals surface area contributed by atoms with E-state index in [1.807, 2.05) is 13.0 Å². The molecular weight excluding hydrogens is 263 g/mol. The Hall–Kier alpha value is -0.210. The molecule has 3 heteroatoms. The van der Waals surface area contributed by atoms with Gasteiger partial charge in [-0.05, 0) is 43.5 Å². The predicted molar refractivity (Wildman–Crippen MR) is 64.4 cm³/mol. The minimum Gasteiger partial charge on any atom is -0.494 e. The van der Waals surface area contributed by atoms with Crippen molar-refractivity contribution in [3.05, 3.63) is 28.2 Å². The highest BCUT2D eigenvalue weighted by molar-refractivity contribution is 9.10. The van der Waals surface area contributed by atoms with Crippen molar-refractivity contribution in [1.82, 2.24) is 0 Å². The number of alkyl halides is 1. The van der Waals surface area contributed by atoms with E-state index < -0.39 is 0 Å². The summed E-state index contributed by atoms with van der Waals surface area (Å²) in [7, 11) is 0. The molecule has 1 aromatic rings. The van der Waals surface area contributed by atoms with E-state index in [1.54, 1.807) is 0 Å². The van der Waals surface area contributed by atoms with Crippen LogP contribution in [0, 0.1) is 0 Å². The summed E-state index contributed by atoms with van der Waals surface area (Å²) in [6.07, 6.45) is 2.01. The summed E-state index contributed by atoms with van der Waals surface area (Å²) in [6.45, 7) is 2.69. The van der Waals surface area contributed by atoms with Gasteiger partial charge in [0.05, 0.1) is 6.61 Å². The normalized spacial score (nSPS) is 10.2. The number of ether oxygens (including phenoxy) is 1. The Kier molecular flexibility index (Phi) is 5.34. The maximum absolute atomic E-state index is 5.65. The summed E-state index contributed by atoms with van der Waals surface area (Å²) in [5, 5.41) is 0. The first-order chi connectivity index (χ1) is 6.76. The van der Waals surface area contributed by atoms with Crippen molar-refractivity contribution in [2.24, 2.45) is 0 Å². The van der Waals surface area contributed by atoms with E-state index in [4.69, 9.17) is 16.3 Å². The Labute approximate surface area is 98.5 Å². The van der Waals surface area contributed by atoms with Gasteiger partial charge in [-0.2, -0.15) is 0 Å². The largest absolute Gasteiger partial charge is 0.494 e. The van der Waals surface area contributed by atoms with E-state index in [0.29, 0.717) is 12.5 Å². The zero-order chi connectivity index (χ0) is 10.4. The standard InChI is InChI=1S/C11H14BrClO/c1-2-14-11-7-9(4-3-5-13)6-10(12)8-11/h6-8H,2-5H2,1H3. The van der Waals surface area contributed by atoms with Gasteiger partial charge in [0.25, 0.3) is 0 Å². The molecule has 1 rings (SSSR count). The molecular formula is C11H14BrClO. The monoisotopic (exact) mass is 276 g/mol. The summed E-state index contributed by atoms with van der Waals surface area (Å²) in [4.78, 5) is 0. The van der Waals surface area contributed by atoms with E-state index in [9.17, 15) is 0 Å². The predicted octanol–water partition coefficient (Wildman–Crippen LogP) is 4.02. The third-order valence-corrected chi connectivity index (χ3v) is 2.57. The topological polar surface area (TPSA) is 9.23 Å². The van der Waals surface area contributed by atoms with Gasteiger partial charge in [0.15, 0.2) is 0 Å². The van der Waals surface area contributed by atoms with Crippen LogP contribution in [0.2, 0.25) is 0 Å². The fourth-order valence-corrected chi connectivity index (χ4v) is 1.94. The van der Waals surface area contributed by atoms with Gasteiger partial charge in [-0.1, -0.05) is 15.9 Å². The fourth-order valence-electron chi connectivity index (χ4n) is 1.29. The average Bonchev–Trinajstić information content (AvgIpc) is 2.14. The van der Waals surface area contributed by atoms with Gasteiger partial charge in [0.2, 0.25) is 0 Å². The van der Waals surface area contributed by atoms with E-state index in [0.717, 1.165) is 23.1 Å². The van der Waals surface area contributed by atoms with Crippen molar-refractivity contribution in [1.29, 1.82) is 0 Å². The molecule has 14 heavy (non-hydrogen) atoms. The van der Waals surface area contributed by atoms with Crippen molar-refractivity contribution >= 4 is 27.5 Å². The zero-order valence-electron chi connectivity index (χ0n) is 8.22. The van der Waals surface area contributed by atoms with Gasteiger partial charge in [0.1, 0.15) is 5.75 Å². The molecule has 0 aliphatic heterocycles. The molecule has 0 bridgehead atoms. The molecule has 0 aromatic heterocycles. The Bertz CT molecular complexity index is 289. The Morgan fingerprint density at radius 3 is 2.79 bits per heavy atom. The van der Waals surface area contributed by atoms with Crippen molar-refractivity contribution in [2.75, 3.05) is 12.5 Å². The van der Waals surface area contributed by atoms with Crippen LogP contribution in [0.5, 0.6) is 5.75 Å². The summed E-state index contributed by atoms with van der Waals surface area (Å²) in [6, 6.07) is 6.16. The number of halogens is 2. The lowest BCUT2D eigenvalue weighted by atomic mass is 10.1. The molecule has 0 spiro atoms. The minimum absolute atomic E-state index is 0.700. The van der Waals surface area contributed by atoms with Crippen LogP contribution in [0.25, 0.3) is 0 Å². The van der Waals surface area contributed by atoms with Crippen LogP contribution in [0.4, 0.5) is 0 Å². The first-order valence-electron chi connectivity index (χ1n) is 4.74. The Morgan fingerprint density at radius 1 is 1.36 bits per heavy atom. The van der Waals surface area contributed by atoms with Crippen LogP contribution in [-0.2, 0) is 6.42 Å². The quantitative estimate of drug-likeness (QED) is 0.739. The van der Waals surface area contributed by atoms with Gasteiger partial charge in [-0.3, -0.25) is 0 Å². The molecule has 0 atom stereocenters. The second-order valence-corrected chi connectivity index (χ2v) is 4.31. The molecule has 0 fully saturated rings. The maximum atomic E-state index is 5.65. The minimum atomic E-state index is 0.700. The Morgan fingerprint density at radius 2 is 2.14 bits per heavy atom. The van der Waals surface area contributed by atoms with Crippen LogP contribution in [0.15, 0.2) is 22.7 Å². The molecule has 0 unspecified atom stereocenters. The van der Waals surface area contributed by atoms with E-state index >= 15 is 0 Å². The van der Waals surface area contributed by atoms with Gasteiger partial charge in [-0.15, -0.1) is 11.6 Å². The zero-order valence-corrected chi connectivity index (χ0v) is 10.6. The van der Waals surface area contributed by atoms with Crippen molar-refractivity contribution in [3.8, 4) is 5.75 Å². The molecule has 0 aliphatic carbocycles. The van der Waals surface area contributed by atoms with Gasteiger partial charge in [0, 0.05) is 10.4 Å². The molecule has 0 radical (unpaired) electrons. The summed E-state index contributed by atoms with van der Waals surface area (Å²) in [5.74, 6) is 1.63. The third kappa shape index (κ3) is 3.89. The molecule has 1 nitrogen and oxygen atoms in total. The van der Waals surface area contributed by atoms with E-state index in [2.05, 4.69) is 28.1 Å². The number of benzene rings is 1. The van der Waals surface area contributed by atoms with Gasteiger partial charge >= 0.3 is 0 Å². The fraction of sp³-hybridized carbons (Fsp3) is 0.455. The second kappa shape index (κ2) is 6.31. The first-order valence-corrected chi connectivity index (χ1v) is 6.07. The summed E-state index contributed by atoms with van der Waals surface area (Å²) < 4.78 is 6.51. The highest BCUT2D eigenvalue weighted by Gasteiger charge is 1.99. The van der Waals surface area contributed by atoms with Crippen molar-refractivity contribution in [3.63, 3.8) is 0 Å². The van der Waals surface area contributed by atoms with Crippen LogP contribution in [-0.4, -0.2) is 12.5 Å². The molecule has 1 aromatic carbocycles. The highest BCUT2D eigenvalue weighted by Crippen LogP contribution is 2.22. The lowest BCUT2D eigenvalue weighted by molar-refractivity contribution is 0.339. The molecule has 78 valence electrons. The van der Waals surface area contributed by atoms with Crippen LogP contribution in [0.1, 0.15) is 18.9 Å². The molecule has 0 aliphatic rings. The van der Waals surface area contributed by atoms with Crippen molar-refractivity contribution in [2.45, 2.75) is 19.8 Å². The number of hydrogen-bond acceptors (Lipinski definition) is 1. The number of aryl methyl sites for hydroxylation is 1. The molecule has 0 saturated carbocycles. The SMILES string of the molecule is CCOc1cc(Br)cc(CCCCl)c1. The van der Waals surface area contributed by atoms with Crippen LogP contribution < -0.4 is 4.74 Å². The maximum Gasteiger partial charge on any atom is 0.120 e. The van der Waals surface area contributed by atoms with Crippen LogP contribution >= 0.6 is 27.5 Å². The van der Waals surface area contributed by atoms with E-state index in [-0.39, 0.29) is 0 Å². The summed E-state index contributed by atoms with van der Waals surface area (Å²) in [5.41, 5.74) is 1.27. The van der Waals surface area contributed by atoms with E-state index in [1.165, 1.54) is 5.56 Å². The lowest BCUT2D eigenvalue weighted by Gasteiger charge is -2.06. The summed E-state index contributed by atoms with van der Waals surface area (Å²) >= 11 is 9.11. The average molecular weight is 278 g/mol. The molecule has 0 amide bonds. The van der Waals surface area contributed by atoms with Crippen LogP contribution in [0.3, 0.4) is 0 Å². The second-order valence-electron chi connectivity index (χ2n) is 3.02. The highest BCUT2D eigenvalue weighted by atomic mass is 79.9. The van der Waals surface area contributed by atoms with Crippen molar-refractivity contribution < 1.29 is 4.74 Å². The molecule has 0 N–H and O–H groups in total. The Balaban J connectivity index is 2.73. The third-order valence-electron chi connectivity index (χ3n) is 1.84. The molecule has 0 heterocycles. The smallest absolute Gasteiger partial charge is 0.120 e.